The average Bonchev–Trinajstić information content (AvgIpc) is 3.16. The predicted octanol–water partition coefficient (Wildman–Crippen LogP) is 3.95. The molecule has 0 saturated heterocycles. The predicted molar refractivity (Wildman–Crippen MR) is 102 cm³/mol. The minimum absolute atomic E-state index is 0.0280. The zero-order valence-corrected chi connectivity index (χ0v) is 15.3. The Morgan fingerprint density at radius 3 is 2.48 bits per heavy atom. The van der Waals surface area contributed by atoms with E-state index in [1.807, 2.05) is 31.2 Å². The van der Waals surface area contributed by atoms with Gasteiger partial charge in [-0.1, -0.05) is 29.8 Å². The monoisotopic (exact) mass is 384 g/mol. The van der Waals surface area contributed by atoms with E-state index < -0.39 is 11.7 Å². The van der Waals surface area contributed by atoms with Crippen LogP contribution in [0.4, 0.5) is 4.39 Å². The van der Waals surface area contributed by atoms with Gasteiger partial charge < -0.3 is 4.42 Å². The zero-order chi connectivity index (χ0) is 19.2. The fourth-order valence-corrected chi connectivity index (χ4v) is 2.97. The number of nitrogens with one attached hydrogen (secondary N) is 2. The van der Waals surface area contributed by atoms with Gasteiger partial charge in [0.2, 0.25) is 5.91 Å². The summed E-state index contributed by atoms with van der Waals surface area (Å²) in [6, 6.07) is 16.8. The third-order valence-electron chi connectivity index (χ3n) is 3.68. The molecule has 0 fully saturated rings. The Morgan fingerprint density at radius 2 is 1.74 bits per heavy atom. The smallest absolute Gasteiger partial charge is 0.305 e. The van der Waals surface area contributed by atoms with Crippen LogP contribution in [0.5, 0.6) is 0 Å². The minimum atomic E-state index is -0.619. The Labute approximate surface area is 159 Å². The largest absolute Gasteiger partial charge is 0.451 e. The lowest BCUT2D eigenvalue weighted by Crippen LogP contribution is -2.42. The summed E-state index contributed by atoms with van der Waals surface area (Å²) in [6.45, 7) is 1.99. The van der Waals surface area contributed by atoms with Gasteiger partial charge in [0, 0.05) is 4.90 Å². The van der Waals surface area contributed by atoms with Crippen molar-refractivity contribution in [3.05, 3.63) is 77.8 Å². The molecule has 0 atom stereocenters. The maximum Gasteiger partial charge on any atom is 0.305 e. The lowest BCUT2D eigenvalue weighted by atomic mass is 10.1. The van der Waals surface area contributed by atoms with Gasteiger partial charge in [0.15, 0.2) is 5.76 Å². The third-order valence-corrected chi connectivity index (χ3v) is 4.69. The van der Waals surface area contributed by atoms with Crippen LogP contribution in [-0.2, 0) is 4.79 Å². The van der Waals surface area contributed by atoms with Gasteiger partial charge in [0.05, 0.1) is 11.3 Å². The molecule has 2 aromatic carbocycles. The number of benzene rings is 2. The Balaban J connectivity index is 1.51. The first-order valence-electron chi connectivity index (χ1n) is 8.16. The van der Waals surface area contributed by atoms with Gasteiger partial charge >= 0.3 is 5.91 Å². The van der Waals surface area contributed by atoms with E-state index in [9.17, 15) is 14.0 Å². The van der Waals surface area contributed by atoms with Crippen LogP contribution in [0.15, 0.2) is 70.0 Å². The number of furan rings is 1. The van der Waals surface area contributed by atoms with Gasteiger partial charge in [-0.3, -0.25) is 20.4 Å². The van der Waals surface area contributed by atoms with Crippen LogP contribution in [0.25, 0.3) is 11.3 Å². The molecule has 138 valence electrons. The van der Waals surface area contributed by atoms with E-state index in [2.05, 4.69) is 10.9 Å². The number of hydrazine groups is 1. The van der Waals surface area contributed by atoms with Crippen molar-refractivity contribution in [1.82, 2.24) is 10.9 Å². The first-order valence-corrected chi connectivity index (χ1v) is 9.15. The lowest BCUT2D eigenvalue weighted by molar-refractivity contribution is -0.119. The van der Waals surface area contributed by atoms with Crippen LogP contribution < -0.4 is 10.9 Å². The molecule has 5 nitrogen and oxygen atoms in total. The Morgan fingerprint density at radius 1 is 1.00 bits per heavy atom. The second-order valence-electron chi connectivity index (χ2n) is 5.75. The van der Waals surface area contributed by atoms with E-state index in [1.165, 1.54) is 30.0 Å². The molecule has 3 aromatic rings. The van der Waals surface area contributed by atoms with Crippen LogP contribution in [0.1, 0.15) is 16.1 Å². The van der Waals surface area contributed by atoms with E-state index in [1.54, 1.807) is 18.2 Å². The number of carbonyl (C=O) groups excluding carboxylic acids is 2. The fraction of sp³-hybridized carbons (Fsp3) is 0.100. The van der Waals surface area contributed by atoms with Crippen LogP contribution >= 0.6 is 11.8 Å². The van der Waals surface area contributed by atoms with Gasteiger partial charge in [-0.25, -0.2) is 4.39 Å². The normalized spacial score (nSPS) is 10.4. The van der Waals surface area contributed by atoms with Crippen LogP contribution in [0.3, 0.4) is 0 Å². The number of halogens is 1. The summed E-state index contributed by atoms with van der Waals surface area (Å²) in [6.07, 6.45) is 0. The van der Waals surface area contributed by atoms with E-state index in [0.29, 0.717) is 0 Å². The molecular weight excluding hydrogens is 367 g/mol. The number of thioether (sulfide) groups is 1. The van der Waals surface area contributed by atoms with Gasteiger partial charge in [-0.05, 0) is 43.3 Å². The third kappa shape index (κ3) is 4.98. The van der Waals surface area contributed by atoms with Crippen LogP contribution in [-0.4, -0.2) is 17.6 Å². The molecule has 0 aliphatic rings. The number of aryl methyl sites for hydroxylation is 1. The van der Waals surface area contributed by atoms with Crippen LogP contribution in [0.2, 0.25) is 0 Å². The topological polar surface area (TPSA) is 71.3 Å². The number of amides is 2. The molecule has 0 saturated carbocycles. The molecule has 0 bridgehead atoms. The van der Waals surface area contributed by atoms with E-state index in [0.717, 1.165) is 10.5 Å². The van der Waals surface area contributed by atoms with E-state index >= 15 is 0 Å². The Bertz CT molecular complexity index is 954. The summed E-state index contributed by atoms with van der Waals surface area (Å²) >= 11 is 1.36. The standard InChI is InChI=1S/C20H17FN2O3S/c1-13-6-8-14(9-7-13)27-12-19(24)22-23-20(25)18-11-10-17(26-18)15-4-2-3-5-16(15)21/h2-11H,12H2,1H3,(H,22,24)(H,23,25). The Hall–Kier alpha value is -3.06. The molecule has 7 heteroatoms. The molecule has 27 heavy (non-hydrogen) atoms. The average molecular weight is 384 g/mol. The van der Waals surface area contributed by atoms with Gasteiger partial charge in [-0.2, -0.15) is 0 Å². The van der Waals surface area contributed by atoms with E-state index in [4.69, 9.17) is 4.42 Å². The quantitative estimate of drug-likeness (QED) is 0.516. The lowest BCUT2D eigenvalue weighted by Gasteiger charge is -2.06. The van der Waals surface area contributed by atoms with Crippen molar-refractivity contribution >= 4 is 23.6 Å². The molecule has 2 N–H and O–H groups in total. The van der Waals surface area contributed by atoms with Gasteiger partial charge in [-0.15, -0.1) is 11.8 Å². The van der Waals surface area contributed by atoms with Crippen molar-refractivity contribution in [2.75, 3.05) is 5.75 Å². The maximum atomic E-state index is 13.8. The molecule has 0 spiro atoms. The first kappa shape index (κ1) is 18.7. The highest BCUT2D eigenvalue weighted by Crippen LogP contribution is 2.24. The molecule has 1 aromatic heterocycles. The molecule has 2 amide bonds. The zero-order valence-electron chi connectivity index (χ0n) is 14.5. The molecule has 3 rings (SSSR count). The van der Waals surface area contributed by atoms with Crippen molar-refractivity contribution in [1.29, 1.82) is 0 Å². The summed E-state index contributed by atoms with van der Waals surface area (Å²) in [5.74, 6) is -1.05. The summed E-state index contributed by atoms with van der Waals surface area (Å²) in [4.78, 5) is 24.9. The second-order valence-corrected chi connectivity index (χ2v) is 6.80. The number of hydrogen-bond acceptors (Lipinski definition) is 4. The van der Waals surface area contributed by atoms with Gasteiger partial charge in [0.1, 0.15) is 11.6 Å². The minimum Gasteiger partial charge on any atom is -0.451 e. The number of rotatable bonds is 5. The molecule has 0 unspecified atom stereocenters. The highest BCUT2D eigenvalue weighted by Gasteiger charge is 2.15. The van der Waals surface area contributed by atoms with Crippen LogP contribution in [0, 0.1) is 12.7 Å². The molecular formula is C20H17FN2O3S. The number of hydrogen-bond donors (Lipinski definition) is 2. The molecule has 0 aliphatic carbocycles. The maximum absolute atomic E-state index is 13.8. The second kappa shape index (κ2) is 8.55. The summed E-state index contributed by atoms with van der Waals surface area (Å²) < 4.78 is 19.1. The fourth-order valence-electron chi connectivity index (χ4n) is 2.27. The van der Waals surface area contributed by atoms with E-state index in [-0.39, 0.29) is 28.7 Å². The number of carbonyl (C=O) groups is 2. The summed E-state index contributed by atoms with van der Waals surface area (Å²) in [5.41, 5.74) is 6.02. The summed E-state index contributed by atoms with van der Waals surface area (Å²) in [7, 11) is 0. The Kier molecular flexibility index (Phi) is 5.93. The van der Waals surface area contributed by atoms with Crippen molar-refractivity contribution in [3.63, 3.8) is 0 Å². The van der Waals surface area contributed by atoms with Crippen molar-refractivity contribution in [2.45, 2.75) is 11.8 Å². The molecule has 0 aliphatic heterocycles. The SMILES string of the molecule is Cc1ccc(SCC(=O)NNC(=O)c2ccc(-c3ccccc3F)o2)cc1. The summed E-state index contributed by atoms with van der Waals surface area (Å²) in [5, 5.41) is 0. The molecule has 0 radical (unpaired) electrons. The molecule has 1 heterocycles. The highest BCUT2D eigenvalue weighted by atomic mass is 32.2. The van der Waals surface area contributed by atoms with Crippen molar-refractivity contribution in [3.8, 4) is 11.3 Å². The van der Waals surface area contributed by atoms with Gasteiger partial charge in [0.25, 0.3) is 0 Å². The first-order chi connectivity index (χ1) is 13.0. The van der Waals surface area contributed by atoms with Crippen molar-refractivity contribution < 1.29 is 18.4 Å². The van der Waals surface area contributed by atoms with Crippen molar-refractivity contribution in [2.24, 2.45) is 0 Å². The highest BCUT2D eigenvalue weighted by molar-refractivity contribution is 8.00.